The predicted molar refractivity (Wildman–Crippen MR) is 99.5 cm³/mol. The van der Waals surface area contributed by atoms with Crippen molar-refractivity contribution in [1.82, 2.24) is 5.32 Å². The van der Waals surface area contributed by atoms with Gasteiger partial charge in [-0.25, -0.2) is 4.79 Å². The molecule has 2 aromatic carbocycles. The van der Waals surface area contributed by atoms with Crippen molar-refractivity contribution in [1.29, 1.82) is 0 Å². The fourth-order valence-corrected chi connectivity index (χ4v) is 2.80. The molecule has 2 N–H and O–H groups in total. The monoisotopic (exact) mass is 385 g/mol. The van der Waals surface area contributed by atoms with E-state index in [1.807, 2.05) is 0 Å². The molecule has 0 fully saturated rings. The van der Waals surface area contributed by atoms with Gasteiger partial charge in [-0.1, -0.05) is 35.9 Å². The minimum absolute atomic E-state index is 0.0129. The van der Waals surface area contributed by atoms with Gasteiger partial charge in [0.2, 0.25) is 0 Å². The van der Waals surface area contributed by atoms with Crippen LogP contribution in [0.25, 0.3) is 11.3 Å². The number of esters is 1. The van der Waals surface area contributed by atoms with E-state index >= 15 is 0 Å². The highest BCUT2D eigenvalue weighted by Gasteiger charge is 2.26. The van der Waals surface area contributed by atoms with Crippen molar-refractivity contribution in [2.24, 2.45) is 0 Å². The molecule has 0 unspecified atom stereocenters. The van der Waals surface area contributed by atoms with E-state index < -0.39 is 17.9 Å². The number of ether oxygens (including phenoxy) is 1. The summed E-state index contributed by atoms with van der Waals surface area (Å²) in [7, 11) is 1.21. The number of methoxy groups -OCH3 is 1. The molecule has 1 heterocycles. The van der Waals surface area contributed by atoms with Crippen LogP contribution in [0.4, 0.5) is 0 Å². The number of carbonyl (C=O) groups excluding carboxylic acids is 2. The van der Waals surface area contributed by atoms with Crippen LogP contribution in [0.1, 0.15) is 22.2 Å². The molecule has 0 aliphatic heterocycles. The van der Waals surface area contributed by atoms with Crippen molar-refractivity contribution in [3.63, 3.8) is 0 Å². The number of carbonyl (C=O) groups is 2. The fraction of sp³-hybridized carbons (Fsp3) is 0.100. The van der Waals surface area contributed by atoms with E-state index in [0.717, 1.165) is 0 Å². The second-order valence-electron chi connectivity index (χ2n) is 5.67. The van der Waals surface area contributed by atoms with Crippen molar-refractivity contribution in [2.75, 3.05) is 7.11 Å². The molecule has 0 aliphatic rings. The zero-order valence-electron chi connectivity index (χ0n) is 14.3. The van der Waals surface area contributed by atoms with E-state index in [2.05, 4.69) is 5.32 Å². The standard InChI is InChI=1S/C20H16ClNO5/c1-26-20(25)18(12-5-4-6-13(23)11-12)22-19(24)17-10-9-16(27-17)14-7-2-3-8-15(14)21/h2-11,18,23H,1H3,(H,22,24)/t18-/m1/s1. The third-order valence-electron chi connectivity index (χ3n) is 3.88. The first kappa shape index (κ1) is 18.5. The van der Waals surface area contributed by atoms with Crippen LogP contribution in [0.15, 0.2) is 65.1 Å². The third kappa shape index (κ3) is 4.12. The number of hydrogen-bond acceptors (Lipinski definition) is 5. The van der Waals surface area contributed by atoms with Crippen molar-refractivity contribution in [3.05, 3.63) is 77.0 Å². The van der Waals surface area contributed by atoms with Crippen LogP contribution in [0, 0.1) is 0 Å². The number of amides is 1. The molecule has 27 heavy (non-hydrogen) atoms. The van der Waals surface area contributed by atoms with E-state index in [9.17, 15) is 14.7 Å². The third-order valence-corrected chi connectivity index (χ3v) is 4.21. The van der Waals surface area contributed by atoms with Crippen LogP contribution >= 0.6 is 11.6 Å². The van der Waals surface area contributed by atoms with E-state index in [4.69, 9.17) is 20.8 Å². The highest BCUT2D eigenvalue weighted by molar-refractivity contribution is 6.33. The first-order chi connectivity index (χ1) is 13.0. The van der Waals surface area contributed by atoms with Gasteiger partial charge in [-0.2, -0.15) is 0 Å². The van der Waals surface area contributed by atoms with Gasteiger partial charge in [0.15, 0.2) is 11.8 Å². The molecular formula is C20H16ClNO5. The summed E-state index contributed by atoms with van der Waals surface area (Å²) in [5.41, 5.74) is 1.03. The van der Waals surface area contributed by atoms with Crippen molar-refractivity contribution >= 4 is 23.5 Å². The molecule has 0 aliphatic carbocycles. The Hall–Kier alpha value is -3.25. The second-order valence-corrected chi connectivity index (χ2v) is 6.08. The molecular weight excluding hydrogens is 370 g/mol. The SMILES string of the molecule is COC(=O)[C@H](NC(=O)c1ccc(-c2ccccc2Cl)o1)c1cccc(O)c1. The highest BCUT2D eigenvalue weighted by atomic mass is 35.5. The van der Waals surface area contributed by atoms with Gasteiger partial charge in [-0.15, -0.1) is 0 Å². The van der Waals surface area contributed by atoms with Gasteiger partial charge < -0.3 is 19.6 Å². The number of benzene rings is 2. The van der Waals surface area contributed by atoms with Crippen LogP contribution in [0.3, 0.4) is 0 Å². The van der Waals surface area contributed by atoms with E-state index in [-0.39, 0.29) is 11.5 Å². The Labute approximate surface area is 160 Å². The fourth-order valence-electron chi connectivity index (χ4n) is 2.57. The van der Waals surface area contributed by atoms with Crippen molar-refractivity contribution in [2.45, 2.75) is 6.04 Å². The minimum atomic E-state index is -1.09. The van der Waals surface area contributed by atoms with Crippen LogP contribution < -0.4 is 5.32 Å². The summed E-state index contributed by atoms with van der Waals surface area (Å²) in [5.74, 6) is -0.870. The van der Waals surface area contributed by atoms with Crippen molar-refractivity contribution in [3.8, 4) is 17.1 Å². The van der Waals surface area contributed by atoms with Gasteiger partial charge in [0.1, 0.15) is 11.5 Å². The second kappa shape index (κ2) is 7.97. The zero-order valence-corrected chi connectivity index (χ0v) is 15.1. The largest absolute Gasteiger partial charge is 0.508 e. The average molecular weight is 386 g/mol. The Balaban J connectivity index is 1.84. The summed E-state index contributed by atoms with van der Waals surface area (Å²) in [6, 6.07) is 15.1. The number of rotatable bonds is 5. The van der Waals surface area contributed by atoms with E-state index in [1.54, 1.807) is 42.5 Å². The van der Waals surface area contributed by atoms with Gasteiger partial charge in [0.05, 0.1) is 12.1 Å². The summed E-state index contributed by atoms with van der Waals surface area (Å²) in [5, 5.41) is 12.7. The summed E-state index contributed by atoms with van der Waals surface area (Å²) < 4.78 is 10.3. The molecule has 1 atom stereocenters. The lowest BCUT2D eigenvalue weighted by Crippen LogP contribution is -2.34. The Kier molecular flexibility index (Phi) is 5.47. The van der Waals surface area contributed by atoms with Gasteiger partial charge >= 0.3 is 5.97 Å². The number of nitrogens with one attached hydrogen (secondary N) is 1. The van der Waals surface area contributed by atoms with E-state index in [1.165, 1.54) is 25.3 Å². The Morgan fingerprint density at radius 3 is 2.59 bits per heavy atom. The first-order valence-electron chi connectivity index (χ1n) is 8.02. The van der Waals surface area contributed by atoms with Gasteiger partial charge in [-0.3, -0.25) is 4.79 Å². The first-order valence-corrected chi connectivity index (χ1v) is 8.39. The average Bonchev–Trinajstić information content (AvgIpc) is 3.15. The number of phenolic OH excluding ortho intramolecular Hbond substituents is 1. The number of aromatic hydroxyl groups is 1. The molecule has 0 spiro atoms. The predicted octanol–water partition coefficient (Wildman–Crippen LogP) is 3.95. The van der Waals surface area contributed by atoms with Crippen LogP contribution in [0.2, 0.25) is 5.02 Å². The zero-order chi connectivity index (χ0) is 19.4. The van der Waals surface area contributed by atoms with E-state index in [0.29, 0.717) is 21.9 Å². The Morgan fingerprint density at radius 2 is 1.89 bits per heavy atom. The summed E-state index contributed by atoms with van der Waals surface area (Å²) in [4.78, 5) is 24.7. The molecule has 1 aromatic heterocycles. The normalized spacial score (nSPS) is 11.6. The lowest BCUT2D eigenvalue weighted by Gasteiger charge is -2.16. The molecule has 0 bridgehead atoms. The summed E-state index contributed by atoms with van der Waals surface area (Å²) >= 11 is 6.14. The lowest BCUT2D eigenvalue weighted by atomic mass is 10.1. The maximum Gasteiger partial charge on any atom is 0.333 e. The Morgan fingerprint density at radius 1 is 1.11 bits per heavy atom. The van der Waals surface area contributed by atoms with Crippen LogP contribution in [-0.2, 0) is 9.53 Å². The smallest absolute Gasteiger partial charge is 0.333 e. The Bertz CT molecular complexity index is 982. The van der Waals surface area contributed by atoms with Crippen molar-refractivity contribution < 1.29 is 23.8 Å². The molecule has 0 saturated carbocycles. The highest BCUT2D eigenvalue weighted by Crippen LogP contribution is 2.29. The molecule has 0 saturated heterocycles. The summed E-state index contributed by atoms with van der Waals surface area (Å²) in [6.45, 7) is 0. The number of hydrogen-bond donors (Lipinski definition) is 2. The quantitative estimate of drug-likeness (QED) is 0.649. The number of furan rings is 1. The molecule has 1 amide bonds. The van der Waals surface area contributed by atoms with Gasteiger partial charge in [-0.05, 0) is 42.0 Å². The maximum atomic E-state index is 12.6. The minimum Gasteiger partial charge on any atom is -0.508 e. The molecule has 0 radical (unpaired) electrons. The number of halogens is 1. The van der Waals surface area contributed by atoms with Crippen LogP contribution in [0.5, 0.6) is 5.75 Å². The number of phenols is 1. The molecule has 3 aromatic rings. The van der Waals surface area contributed by atoms with Crippen LogP contribution in [-0.4, -0.2) is 24.1 Å². The molecule has 3 rings (SSSR count). The molecule has 138 valence electrons. The molecule has 7 heteroatoms. The van der Waals surface area contributed by atoms with Gasteiger partial charge in [0.25, 0.3) is 5.91 Å². The lowest BCUT2D eigenvalue weighted by molar-refractivity contribution is -0.143. The van der Waals surface area contributed by atoms with Gasteiger partial charge in [0, 0.05) is 5.56 Å². The maximum absolute atomic E-state index is 12.6. The molecule has 6 nitrogen and oxygen atoms in total. The topological polar surface area (TPSA) is 88.8 Å². The summed E-state index contributed by atoms with van der Waals surface area (Å²) in [6.07, 6.45) is 0.